The average molecular weight is 462 g/mol. The molecule has 0 bridgehead atoms. The Morgan fingerprint density at radius 2 is 1.73 bits per heavy atom. The van der Waals surface area contributed by atoms with Gasteiger partial charge in [0.1, 0.15) is 6.10 Å². The lowest BCUT2D eigenvalue weighted by Gasteiger charge is -2.57. The van der Waals surface area contributed by atoms with Gasteiger partial charge in [0.05, 0.1) is 1.37 Å². The first-order chi connectivity index (χ1) is 17.8. The molecule has 0 saturated heterocycles. The lowest BCUT2D eigenvalue weighted by atomic mass is 9.47. The maximum absolute atomic E-state index is 12.8. The first-order valence-electron chi connectivity index (χ1n) is 16.2. The van der Waals surface area contributed by atoms with E-state index in [2.05, 4.69) is 13.8 Å². The van der Waals surface area contributed by atoms with E-state index in [4.69, 9.17) is 11.6 Å². The van der Waals surface area contributed by atoms with Crippen molar-refractivity contribution in [3.8, 4) is 0 Å². The van der Waals surface area contributed by atoms with E-state index in [0.29, 0.717) is 6.42 Å². The van der Waals surface area contributed by atoms with Crippen LogP contribution in [-0.4, -0.2) is 17.9 Å². The van der Waals surface area contributed by atoms with E-state index in [-0.39, 0.29) is 53.7 Å². The van der Waals surface area contributed by atoms with Crippen molar-refractivity contribution in [2.45, 2.75) is 136 Å². The average Bonchev–Trinajstić information content (AvgIpc) is 3.14. The molecule has 3 saturated carbocycles. The topological polar surface area (TPSA) is 43.4 Å². The van der Waals surface area contributed by atoms with Gasteiger partial charge in [-0.1, -0.05) is 71.3 Å². The number of ketones is 1. The molecule has 4 aliphatic carbocycles. The van der Waals surface area contributed by atoms with E-state index < -0.39 is 30.0 Å². The highest BCUT2D eigenvalue weighted by atomic mass is 16.5. The fourth-order valence-corrected chi connectivity index (χ4v) is 7.56. The molecule has 0 aromatic heterocycles. The number of hydrogen-bond donors (Lipinski definition) is 0. The van der Waals surface area contributed by atoms with E-state index in [1.54, 1.807) is 0 Å². The summed E-state index contributed by atoms with van der Waals surface area (Å²) in [5.74, 6) is -0.759. The van der Waals surface area contributed by atoms with Gasteiger partial charge in [-0.15, -0.1) is 0 Å². The molecular weight excluding hydrogens is 408 g/mol. The molecule has 6 atom stereocenters. The first-order valence-corrected chi connectivity index (χ1v) is 13.7. The normalized spacial score (nSPS) is 43.2. The molecule has 4 rings (SSSR count). The summed E-state index contributed by atoms with van der Waals surface area (Å²) in [4.78, 5) is 25.4. The molecule has 0 spiro atoms. The van der Waals surface area contributed by atoms with Crippen LogP contribution in [-0.2, 0) is 14.3 Å². The van der Waals surface area contributed by atoms with Gasteiger partial charge in [0, 0.05) is 23.7 Å². The van der Waals surface area contributed by atoms with Crippen LogP contribution in [0.3, 0.4) is 0 Å². The Hall–Kier alpha value is -1.12. The maximum atomic E-state index is 12.8. The Balaban J connectivity index is 1.41. The van der Waals surface area contributed by atoms with Gasteiger partial charge in [0.15, 0.2) is 5.78 Å². The van der Waals surface area contributed by atoms with Crippen LogP contribution >= 0.6 is 0 Å². The van der Waals surface area contributed by atoms with Crippen molar-refractivity contribution in [2.75, 3.05) is 0 Å². The summed E-state index contributed by atoms with van der Waals surface area (Å²) in [5, 5.41) is 0. The fourth-order valence-electron chi connectivity index (χ4n) is 7.56. The summed E-state index contributed by atoms with van der Waals surface area (Å²) in [6, 6.07) is -0.445. The Labute approximate surface area is 209 Å². The summed E-state index contributed by atoms with van der Waals surface area (Å²) >= 11 is 0. The predicted molar refractivity (Wildman–Crippen MR) is 134 cm³/mol. The lowest BCUT2D eigenvalue weighted by molar-refractivity contribution is -0.160. The molecule has 33 heavy (non-hydrogen) atoms. The van der Waals surface area contributed by atoms with Gasteiger partial charge < -0.3 is 4.74 Å². The molecule has 0 unspecified atom stereocenters. The van der Waals surface area contributed by atoms with Crippen LogP contribution in [0.5, 0.6) is 0 Å². The minimum Gasteiger partial charge on any atom is -0.462 e. The molecule has 0 aliphatic heterocycles. The highest BCUT2D eigenvalue weighted by molar-refractivity contribution is 5.91. The third kappa shape index (κ3) is 5.13. The number of allylic oxidation sites excluding steroid dienone is 1. The molecule has 0 aromatic carbocycles. The van der Waals surface area contributed by atoms with E-state index in [1.165, 1.54) is 38.5 Å². The second kappa shape index (κ2) is 10.6. The van der Waals surface area contributed by atoms with Gasteiger partial charge in [-0.2, -0.15) is 0 Å². The highest BCUT2D eigenvalue weighted by Crippen LogP contribution is 2.65. The SMILES string of the molecule is [2H]C1=C2C([2H])([2H])C[C@H]3[C@@H]4CC[C@H](OC(=O)CCCCCCCCCC)[C@@]4(C)CC[C@@H]3[C@@]2(C)CC([2H])([2H])C1=O. The van der Waals surface area contributed by atoms with E-state index in [9.17, 15) is 9.59 Å². The molecule has 3 nitrogen and oxygen atoms in total. The second-order valence-corrected chi connectivity index (χ2v) is 11.7. The summed E-state index contributed by atoms with van der Waals surface area (Å²) in [6.45, 7) is 6.33. The standard InChI is InChI=1S/C30H48O3/c1-4-5-6-7-8-9-10-11-12-28(32)33-27-16-15-25-24-14-13-22-21-23(31)17-19-29(22,2)26(24)18-20-30(25,27)3/h21,24-27H,4-20H2,1-3H3/t24-,25-,26-,27-,29-,30-/m0/s1/i13D2,17D2,21D. The van der Waals surface area contributed by atoms with E-state index in [1.807, 2.05) is 6.92 Å². The number of unbranched alkanes of at least 4 members (excludes halogenated alkanes) is 7. The maximum Gasteiger partial charge on any atom is 0.306 e. The number of fused-ring (bicyclic) bond motifs is 5. The van der Waals surface area contributed by atoms with Crippen molar-refractivity contribution >= 4 is 11.8 Å². The van der Waals surface area contributed by atoms with Gasteiger partial charge in [0.25, 0.3) is 0 Å². The number of rotatable bonds is 10. The molecule has 3 fully saturated rings. The molecule has 0 aromatic rings. The van der Waals surface area contributed by atoms with Crippen LogP contribution in [0.15, 0.2) is 11.6 Å². The smallest absolute Gasteiger partial charge is 0.306 e. The minimum absolute atomic E-state index is 0.0192. The lowest BCUT2D eigenvalue weighted by Crippen LogP contribution is -2.51. The van der Waals surface area contributed by atoms with E-state index >= 15 is 0 Å². The summed E-state index contributed by atoms with van der Waals surface area (Å²) in [6.07, 6.45) is 9.29. The molecule has 0 heterocycles. The minimum atomic E-state index is -2.14. The summed E-state index contributed by atoms with van der Waals surface area (Å²) in [5.41, 5.74) is -0.841. The fraction of sp³-hybridized carbons (Fsp3) is 0.867. The number of carbonyl (C=O) groups excluding carboxylic acids is 2. The zero-order valence-electron chi connectivity index (χ0n) is 26.1. The molecule has 0 N–H and O–H groups in total. The van der Waals surface area contributed by atoms with Gasteiger partial charge in [0.2, 0.25) is 0 Å². The third-order valence-electron chi connectivity index (χ3n) is 9.62. The number of ether oxygens (including phenoxy) is 1. The monoisotopic (exact) mass is 461 g/mol. The Morgan fingerprint density at radius 3 is 2.48 bits per heavy atom. The van der Waals surface area contributed by atoms with Gasteiger partial charge in [-0.25, -0.2) is 0 Å². The van der Waals surface area contributed by atoms with Crippen molar-refractivity contribution in [1.82, 2.24) is 0 Å². The quantitative estimate of drug-likeness (QED) is 0.245. The third-order valence-corrected chi connectivity index (χ3v) is 9.62. The summed E-state index contributed by atoms with van der Waals surface area (Å²) < 4.78 is 49.1. The van der Waals surface area contributed by atoms with Crippen LogP contribution in [0.4, 0.5) is 0 Å². The van der Waals surface area contributed by atoms with Crippen LogP contribution in [0, 0.1) is 28.6 Å². The van der Waals surface area contributed by atoms with Crippen molar-refractivity contribution < 1.29 is 21.2 Å². The van der Waals surface area contributed by atoms with Gasteiger partial charge >= 0.3 is 5.97 Å². The number of esters is 1. The molecule has 0 radical (unpaired) electrons. The van der Waals surface area contributed by atoms with Crippen LogP contribution in [0.25, 0.3) is 0 Å². The van der Waals surface area contributed by atoms with Crippen molar-refractivity contribution in [3.05, 3.63) is 11.6 Å². The van der Waals surface area contributed by atoms with Crippen LogP contribution in [0.1, 0.15) is 137 Å². The van der Waals surface area contributed by atoms with Crippen molar-refractivity contribution in [1.29, 1.82) is 0 Å². The Bertz CT molecular complexity index is 946. The highest BCUT2D eigenvalue weighted by Gasteiger charge is 2.59. The molecule has 4 aliphatic rings. The van der Waals surface area contributed by atoms with Crippen LogP contribution < -0.4 is 0 Å². The number of carbonyl (C=O) groups is 2. The summed E-state index contributed by atoms with van der Waals surface area (Å²) in [7, 11) is 0. The van der Waals surface area contributed by atoms with Crippen molar-refractivity contribution in [3.63, 3.8) is 0 Å². The molecule has 0 amide bonds. The first kappa shape index (κ1) is 19.1. The van der Waals surface area contributed by atoms with Gasteiger partial charge in [-0.05, 0) is 80.5 Å². The van der Waals surface area contributed by atoms with Gasteiger partial charge in [-0.3, -0.25) is 9.59 Å². The zero-order chi connectivity index (χ0) is 27.9. The molecular formula is C30H48O3. The van der Waals surface area contributed by atoms with E-state index in [0.717, 1.165) is 38.5 Å². The second-order valence-electron chi connectivity index (χ2n) is 11.7. The Morgan fingerprint density at radius 1 is 1.00 bits per heavy atom. The molecule has 186 valence electrons. The largest absolute Gasteiger partial charge is 0.462 e. The number of hydrogen-bond acceptors (Lipinski definition) is 3. The predicted octanol–water partition coefficient (Wildman–Crippen LogP) is 7.96. The van der Waals surface area contributed by atoms with Crippen LogP contribution in [0.2, 0.25) is 0 Å². The molecule has 3 heteroatoms. The van der Waals surface area contributed by atoms with Crippen molar-refractivity contribution in [2.24, 2.45) is 28.6 Å². The zero-order valence-corrected chi connectivity index (χ0v) is 21.1. The Kier molecular flexibility index (Phi) is 6.17.